The molecule has 0 aliphatic rings. The van der Waals surface area contributed by atoms with Crippen LogP contribution in [0.25, 0.3) is 0 Å². The minimum absolute atomic E-state index is 0.0144. The zero-order chi connectivity index (χ0) is 8.27. The topological polar surface area (TPSA) is 34.9 Å². The number of ketones is 1. The van der Waals surface area contributed by atoms with Crippen LogP contribution in [0.5, 0.6) is 0 Å². The molecule has 11 heavy (non-hydrogen) atoms. The number of Topliss-reactive ketones (excluding diaryl/α,β-unsaturated/α-hetero) is 1. The van der Waals surface area contributed by atoms with E-state index in [9.17, 15) is 4.79 Å². The molecule has 0 unspecified atom stereocenters. The van der Waals surface area contributed by atoms with E-state index in [1.54, 1.807) is 30.1 Å². The van der Waals surface area contributed by atoms with Crippen molar-refractivity contribution in [2.75, 3.05) is 0 Å². The minimum atomic E-state index is 0.0144. The summed E-state index contributed by atoms with van der Waals surface area (Å²) in [5.74, 6) is 0.0144. The Hall–Kier alpha value is -1.38. The Morgan fingerprint density at radius 3 is 3.09 bits per heavy atom. The molecule has 1 heterocycles. The van der Waals surface area contributed by atoms with E-state index in [4.69, 9.17) is 0 Å². The predicted molar refractivity (Wildman–Crippen MR) is 42.4 cm³/mol. The number of rotatable bonds is 3. The van der Waals surface area contributed by atoms with Gasteiger partial charge >= 0.3 is 0 Å². The van der Waals surface area contributed by atoms with Crippen LogP contribution in [0.15, 0.2) is 24.9 Å². The van der Waals surface area contributed by atoms with Crippen molar-refractivity contribution < 1.29 is 4.79 Å². The molecule has 58 valence electrons. The number of hydrogen-bond donors (Lipinski definition) is 0. The van der Waals surface area contributed by atoms with Crippen molar-refractivity contribution in [2.24, 2.45) is 7.05 Å². The van der Waals surface area contributed by atoms with Gasteiger partial charge < -0.3 is 0 Å². The first-order chi connectivity index (χ1) is 5.24. The molecular weight excluding hydrogens is 140 g/mol. The highest BCUT2D eigenvalue weighted by atomic mass is 16.1. The summed E-state index contributed by atoms with van der Waals surface area (Å²) < 4.78 is 1.61. The van der Waals surface area contributed by atoms with E-state index in [1.165, 1.54) is 0 Å². The van der Waals surface area contributed by atoms with Gasteiger partial charge in [0, 0.05) is 19.7 Å². The van der Waals surface area contributed by atoms with E-state index in [-0.39, 0.29) is 5.78 Å². The van der Waals surface area contributed by atoms with E-state index < -0.39 is 0 Å². The van der Waals surface area contributed by atoms with Crippen LogP contribution in [0.1, 0.15) is 16.9 Å². The smallest absolute Gasteiger partial charge is 0.186 e. The average molecular weight is 150 g/mol. The van der Waals surface area contributed by atoms with Gasteiger partial charge in [0.15, 0.2) is 5.78 Å². The molecule has 1 rings (SSSR count). The standard InChI is InChI=1S/C8H10N2O/c1-3-4-8(11)7-5-6-10(2)9-7/h3,5-6H,1,4H2,2H3. The molecule has 0 radical (unpaired) electrons. The second-order valence-electron chi connectivity index (χ2n) is 2.29. The first-order valence-electron chi connectivity index (χ1n) is 3.38. The number of aryl methyl sites for hydroxylation is 1. The molecule has 0 aliphatic carbocycles. The molecule has 3 heteroatoms. The summed E-state index contributed by atoms with van der Waals surface area (Å²) in [6, 6.07) is 1.70. The van der Waals surface area contributed by atoms with Crippen LogP contribution >= 0.6 is 0 Å². The molecule has 0 N–H and O–H groups in total. The Labute approximate surface area is 65.3 Å². The molecule has 0 aliphatic heterocycles. The second kappa shape index (κ2) is 3.14. The van der Waals surface area contributed by atoms with E-state index >= 15 is 0 Å². The highest BCUT2D eigenvalue weighted by Gasteiger charge is 2.05. The number of aromatic nitrogens is 2. The molecule has 0 atom stereocenters. The van der Waals surface area contributed by atoms with Gasteiger partial charge in [0.1, 0.15) is 5.69 Å². The zero-order valence-electron chi connectivity index (χ0n) is 6.45. The summed E-state index contributed by atoms with van der Waals surface area (Å²) in [4.78, 5) is 11.1. The van der Waals surface area contributed by atoms with Crippen molar-refractivity contribution in [1.82, 2.24) is 9.78 Å². The molecule has 1 aromatic rings. The van der Waals surface area contributed by atoms with Gasteiger partial charge in [-0.05, 0) is 6.07 Å². The van der Waals surface area contributed by atoms with Gasteiger partial charge in [-0.15, -0.1) is 6.58 Å². The van der Waals surface area contributed by atoms with Gasteiger partial charge in [-0.3, -0.25) is 9.48 Å². The van der Waals surface area contributed by atoms with Crippen LogP contribution in [0.3, 0.4) is 0 Å². The van der Waals surface area contributed by atoms with Crippen LogP contribution < -0.4 is 0 Å². The third kappa shape index (κ3) is 1.77. The summed E-state index contributed by atoms with van der Waals surface area (Å²) in [5, 5.41) is 3.95. The fourth-order valence-corrected chi connectivity index (χ4v) is 0.799. The summed E-state index contributed by atoms with van der Waals surface area (Å²) in [5.41, 5.74) is 0.507. The summed E-state index contributed by atoms with van der Waals surface area (Å²) in [7, 11) is 1.78. The number of hydrogen-bond acceptors (Lipinski definition) is 2. The summed E-state index contributed by atoms with van der Waals surface area (Å²) >= 11 is 0. The summed E-state index contributed by atoms with van der Waals surface area (Å²) in [6.07, 6.45) is 3.68. The Morgan fingerprint density at radius 2 is 2.64 bits per heavy atom. The molecule has 0 aromatic carbocycles. The van der Waals surface area contributed by atoms with Crippen molar-refractivity contribution in [3.63, 3.8) is 0 Å². The zero-order valence-corrected chi connectivity index (χ0v) is 6.45. The fraction of sp³-hybridized carbons (Fsp3) is 0.250. The average Bonchev–Trinajstić information content (AvgIpc) is 2.36. The van der Waals surface area contributed by atoms with Crippen molar-refractivity contribution >= 4 is 5.78 Å². The number of carbonyl (C=O) groups is 1. The molecule has 0 saturated heterocycles. The van der Waals surface area contributed by atoms with Gasteiger partial charge in [-0.25, -0.2) is 0 Å². The number of carbonyl (C=O) groups excluding carboxylic acids is 1. The third-order valence-corrected chi connectivity index (χ3v) is 1.33. The Bertz CT molecular complexity index is 275. The lowest BCUT2D eigenvalue weighted by Crippen LogP contribution is -1.99. The highest BCUT2D eigenvalue weighted by molar-refractivity contribution is 5.94. The predicted octanol–water partition coefficient (Wildman–Crippen LogP) is 1.18. The Kier molecular flexibility index (Phi) is 2.21. The molecule has 0 amide bonds. The van der Waals surface area contributed by atoms with Gasteiger partial charge in [0.05, 0.1) is 0 Å². The van der Waals surface area contributed by atoms with Crippen LogP contribution in [0, 0.1) is 0 Å². The largest absolute Gasteiger partial charge is 0.292 e. The molecular formula is C8H10N2O. The van der Waals surface area contributed by atoms with Crippen LogP contribution in [-0.4, -0.2) is 15.6 Å². The SMILES string of the molecule is C=CCC(=O)c1ccn(C)n1. The monoisotopic (exact) mass is 150 g/mol. The first-order valence-corrected chi connectivity index (χ1v) is 3.38. The maximum absolute atomic E-state index is 11.1. The van der Waals surface area contributed by atoms with Crippen LogP contribution in [0.4, 0.5) is 0 Å². The van der Waals surface area contributed by atoms with Crippen LogP contribution in [0.2, 0.25) is 0 Å². The Balaban J connectivity index is 2.76. The second-order valence-corrected chi connectivity index (χ2v) is 2.29. The van der Waals surface area contributed by atoms with Gasteiger partial charge in [0.2, 0.25) is 0 Å². The Morgan fingerprint density at radius 1 is 1.91 bits per heavy atom. The molecule has 0 fully saturated rings. The molecule has 0 spiro atoms. The van der Waals surface area contributed by atoms with Crippen molar-refractivity contribution in [2.45, 2.75) is 6.42 Å². The maximum atomic E-state index is 11.1. The lowest BCUT2D eigenvalue weighted by molar-refractivity contribution is 0.0990. The van der Waals surface area contributed by atoms with E-state index in [0.717, 1.165) is 0 Å². The number of nitrogens with zero attached hydrogens (tertiary/aromatic N) is 2. The van der Waals surface area contributed by atoms with Gasteiger partial charge in [-0.1, -0.05) is 6.08 Å². The molecule has 1 aromatic heterocycles. The van der Waals surface area contributed by atoms with Gasteiger partial charge in [0.25, 0.3) is 0 Å². The lowest BCUT2D eigenvalue weighted by atomic mass is 10.2. The van der Waals surface area contributed by atoms with Crippen molar-refractivity contribution in [1.29, 1.82) is 0 Å². The molecule has 0 bridgehead atoms. The van der Waals surface area contributed by atoms with Crippen LogP contribution in [-0.2, 0) is 7.05 Å². The van der Waals surface area contributed by atoms with Crippen molar-refractivity contribution in [3.8, 4) is 0 Å². The maximum Gasteiger partial charge on any atom is 0.186 e. The third-order valence-electron chi connectivity index (χ3n) is 1.33. The van der Waals surface area contributed by atoms with Crippen molar-refractivity contribution in [3.05, 3.63) is 30.6 Å². The minimum Gasteiger partial charge on any atom is -0.292 e. The first kappa shape index (κ1) is 7.72. The normalized spacial score (nSPS) is 9.55. The lowest BCUT2D eigenvalue weighted by Gasteiger charge is -1.88. The van der Waals surface area contributed by atoms with E-state index in [0.29, 0.717) is 12.1 Å². The van der Waals surface area contributed by atoms with E-state index in [2.05, 4.69) is 11.7 Å². The highest BCUT2D eigenvalue weighted by Crippen LogP contribution is 1.99. The summed E-state index contributed by atoms with van der Waals surface area (Å²) in [6.45, 7) is 3.48. The number of allylic oxidation sites excluding steroid dienone is 1. The van der Waals surface area contributed by atoms with E-state index in [1.807, 2.05) is 0 Å². The van der Waals surface area contributed by atoms with Gasteiger partial charge in [-0.2, -0.15) is 5.10 Å². The molecule has 3 nitrogen and oxygen atoms in total. The quantitative estimate of drug-likeness (QED) is 0.479. The molecule has 0 saturated carbocycles. The fourth-order valence-electron chi connectivity index (χ4n) is 0.799.